The summed E-state index contributed by atoms with van der Waals surface area (Å²) in [6.07, 6.45) is 3.26. The summed E-state index contributed by atoms with van der Waals surface area (Å²) < 4.78 is 39.1. The Morgan fingerprint density at radius 3 is 2.49 bits per heavy atom. The predicted molar refractivity (Wildman–Crippen MR) is 145 cm³/mol. The Bertz CT molecular complexity index is 1680. The third-order valence-corrected chi connectivity index (χ3v) is 7.89. The van der Waals surface area contributed by atoms with Crippen LogP contribution in [0.5, 0.6) is 0 Å². The fourth-order valence-electron chi connectivity index (χ4n) is 5.95. The normalized spacial score (nSPS) is 15.9. The van der Waals surface area contributed by atoms with Gasteiger partial charge in [0, 0.05) is 49.0 Å². The summed E-state index contributed by atoms with van der Waals surface area (Å²) >= 11 is 0. The average molecular weight is 532 g/mol. The van der Waals surface area contributed by atoms with Crippen molar-refractivity contribution < 1.29 is 18.6 Å². The van der Waals surface area contributed by atoms with E-state index in [4.69, 9.17) is 9.72 Å². The fraction of sp³-hybridized carbons (Fsp3) is 0.367. The molecule has 1 fully saturated rings. The molecule has 6 rings (SSSR count). The van der Waals surface area contributed by atoms with E-state index in [1.807, 2.05) is 44.4 Å². The van der Waals surface area contributed by atoms with E-state index >= 15 is 4.39 Å². The Morgan fingerprint density at radius 1 is 1.05 bits per heavy atom. The van der Waals surface area contributed by atoms with Gasteiger partial charge in [-0.25, -0.2) is 13.5 Å². The lowest BCUT2D eigenvalue weighted by Crippen LogP contribution is -2.27. The zero-order valence-electron chi connectivity index (χ0n) is 22.4. The molecule has 0 amide bonds. The van der Waals surface area contributed by atoms with Crippen LogP contribution in [0.25, 0.3) is 33.2 Å². The maximum atomic E-state index is 15.6. The Balaban J connectivity index is 1.71. The van der Waals surface area contributed by atoms with Crippen LogP contribution in [-0.2, 0) is 17.4 Å². The Morgan fingerprint density at radius 2 is 1.82 bits per heavy atom. The van der Waals surface area contributed by atoms with Crippen molar-refractivity contribution in [3.63, 3.8) is 0 Å². The fourth-order valence-corrected chi connectivity index (χ4v) is 5.95. The minimum atomic E-state index is -1.08. The lowest BCUT2D eigenvalue weighted by Gasteiger charge is -2.33. The molecule has 0 radical (unpaired) electrons. The van der Waals surface area contributed by atoms with Gasteiger partial charge in [-0.2, -0.15) is 0 Å². The van der Waals surface area contributed by atoms with E-state index < -0.39 is 23.3 Å². The highest BCUT2D eigenvalue weighted by Crippen LogP contribution is 2.42. The molecule has 39 heavy (non-hydrogen) atoms. The molecule has 1 aliphatic heterocycles. The molecular formula is C30H31F2N5O2. The van der Waals surface area contributed by atoms with Gasteiger partial charge >= 0.3 is 0 Å². The van der Waals surface area contributed by atoms with E-state index in [0.29, 0.717) is 18.8 Å². The standard InChI is InChI=1S/C30H31F2N5O2/c1-17-28(36(4)35-34-17)19-13-26-27(33-16-19)23-7-5-20(30(2,3)38)14-25(23)37(26)29(18-9-11-39-12-10-18)22-8-6-21(31)15-24(22)32/h5-8,13-16,18,29,38H,9-12H2,1-4H3/t29-/m1/s1. The van der Waals surface area contributed by atoms with Crippen molar-refractivity contribution in [1.29, 1.82) is 0 Å². The monoisotopic (exact) mass is 531 g/mol. The van der Waals surface area contributed by atoms with Crippen LogP contribution in [0.4, 0.5) is 8.78 Å². The number of aryl methyl sites for hydroxylation is 2. The third kappa shape index (κ3) is 4.39. The van der Waals surface area contributed by atoms with Crippen molar-refractivity contribution in [2.24, 2.45) is 13.0 Å². The summed E-state index contributed by atoms with van der Waals surface area (Å²) in [7, 11) is 1.84. The summed E-state index contributed by atoms with van der Waals surface area (Å²) in [5.74, 6) is -1.17. The van der Waals surface area contributed by atoms with Crippen molar-refractivity contribution in [2.75, 3.05) is 13.2 Å². The predicted octanol–water partition coefficient (Wildman–Crippen LogP) is 5.82. The Hall–Kier alpha value is -3.69. The lowest BCUT2D eigenvalue weighted by atomic mass is 9.86. The molecule has 1 saturated heterocycles. The molecule has 0 saturated carbocycles. The van der Waals surface area contributed by atoms with Crippen LogP contribution >= 0.6 is 0 Å². The minimum absolute atomic E-state index is 0.0343. The molecule has 9 heteroatoms. The smallest absolute Gasteiger partial charge is 0.131 e. The molecule has 4 heterocycles. The molecule has 202 valence electrons. The molecule has 5 aromatic rings. The molecule has 1 aliphatic rings. The molecule has 0 aliphatic carbocycles. The van der Waals surface area contributed by atoms with Gasteiger partial charge in [-0.05, 0) is 63.3 Å². The van der Waals surface area contributed by atoms with E-state index in [9.17, 15) is 9.50 Å². The van der Waals surface area contributed by atoms with Crippen LogP contribution in [-0.4, -0.2) is 42.9 Å². The minimum Gasteiger partial charge on any atom is -0.386 e. The Kier molecular flexibility index (Phi) is 6.23. The lowest BCUT2D eigenvalue weighted by molar-refractivity contribution is 0.0548. The summed E-state index contributed by atoms with van der Waals surface area (Å²) in [5, 5.41) is 20.1. The van der Waals surface area contributed by atoms with Crippen LogP contribution in [0.1, 0.15) is 49.6 Å². The molecule has 0 bridgehead atoms. The van der Waals surface area contributed by atoms with Crippen LogP contribution in [0.2, 0.25) is 0 Å². The molecule has 0 spiro atoms. The SMILES string of the molecule is Cc1nnn(C)c1-c1cnc2c3ccc(C(C)(C)O)cc3n([C@@H](c3ccc(F)cc3F)C3CCOCC3)c2c1. The number of rotatable bonds is 5. The molecule has 1 atom stereocenters. The third-order valence-electron chi connectivity index (χ3n) is 7.89. The summed E-state index contributed by atoms with van der Waals surface area (Å²) in [6, 6.07) is 11.2. The zero-order chi connectivity index (χ0) is 27.5. The van der Waals surface area contributed by atoms with Gasteiger partial charge < -0.3 is 14.4 Å². The maximum absolute atomic E-state index is 15.6. The van der Waals surface area contributed by atoms with E-state index in [1.54, 1.807) is 24.6 Å². The van der Waals surface area contributed by atoms with Gasteiger partial charge in [0.15, 0.2) is 0 Å². The molecule has 1 N–H and O–H groups in total. The second-order valence-corrected chi connectivity index (χ2v) is 11.0. The van der Waals surface area contributed by atoms with Crippen LogP contribution in [0.3, 0.4) is 0 Å². The van der Waals surface area contributed by atoms with E-state index in [2.05, 4.69) is 14.9 Å². The van der Waals surface area contributed by atoms with Crippen LogP contribution in [0.15, 0.2) is 48.7 Å². The first-order valence-corrected chi connectivity index (χ1v) is 13.2. The number of pyridine rings is 1. The number of hydrogen-bond acceptors (Lipinski definition) is 5. The quantitative estimate of drug-likeness (QED) is 0.310. The number of aliphatic hydroxyl groups is 1. The van der Waals surface area contributed by atoms with E-state index in [1.165, 1.54) is 6.07 Å². The number of halogens is 2. The first-order chi connectivity index (χ1) is 18.6. The first kappa shape index (κ1) is 25.6. The Labute approximate surface area is 225 Å². The largest absolute Gasteiger partial charge is 0.386 e. The number of ether oxygens (including phenoxy) is 1. The van der Waals surface area contributed by atoms with E-state index in [-0.39, 0.29) is 5.92 Å². The number of fused-ring (bicyclic) bond motifs is 3. The summed E-state index contributed by atoms with van der Waals surface area (Å²) in [4.78, 5) is 4.89. The van der Waals surface area contributed by atoms with Gasteiger partial charge in [-0.1, -0.05) is 23.4 Å². The first-order valence-electron chi connectivity index (χ1n) is 13.2. The van der Waals surface area contributed by atoms with Crippen LogP contribution < -0.4 is 0 Å². The van der Waals surface area contributed by atoms with Crippen LogP contribution in [0, 0.1) is 24.5 Å². The highest BCUT2D eigenvalue weighted by atomic mass is 19.1. The van der Waals surface area contributed by atoms with Crippen molar-refractivity contribution in [1.82, 2.24) is 24.5 Å². The van der Waals surface area contributed by atoms with Gasteiger partial charge in [-0.3, -0.25) is 4.98 Å². The number of aromatic nitrogens is 5. The molecule has 3 aromatic heterocycles. The van der Waals surface area contributed by atoms with Gasteiger partial charge in [0.05, 0.1) is 39.6 Å². The zero-order valence-corrected chi connectivity index (χ0v) is 22.4. The van der Waals surface area contributed by atoms with Crippen molar-refractivity contribution >= 4 is 21.9 Å². The highest BCUT2D eigenvalue weighted by molar-refractivity contribution is 6.07. The van der Waals surface area contributed by atoms with E-state index in [0.717, 1.165) is 63.4 Å². The van der Waals surface area contributed by atoms with Crippen molar-refractivity contribution in [3.05, 3.63) is 77.1 Å². The van der Waals surface area contributed by atoms with Gasteiger partial charge in [0.1, 0.15) is 11.6 Å². The average Bonchev–Trinajstić information content (AvgIpc) is 3.41. The summed E-state index contributed by atoms with van der Waals surface area (Å²) in [5.41, 5.74) is 4.93. The van der Waals surface area contributed by atoms with Crippen molar-refractivity contribution in [3.8, 4) is 11.3 Å². The number of hydrogen-bond donors (Lipinski definition) is 1. The second kappa shape index (κ2) is 9.50. The van der Waals surface area contributed by atoms with Gasteiger partial charge in [0.25, 0.3) is 0 Å². The molecule has 2 aromatic carbocycles. The number of benzene rings is 2. The van der Waals surface area contributed by atoms with Crippen molar-refractivity contribution in [2.45, 2.75) is 45.3 Å². The summed E-state index contributed by atoms with van der Waals surface area (Å²) in [6.45, 7) is 6.52. The highest BCUT2D eigenvalue weighted by Gasteiger charge is 2.33. The van der Waals surface area contributed by atoms with Gasteiger partial charge in [-0.15, -0.1) is 5.10 Å². The van der Waals surface area contributed by atoms with Gasteiger partial charge in [0.2, 0.25) is 0 Å². The molecular weight excluding hydrogens is 500 g/mol. The molecule has 7 nitrogen and oxygen atoms in total. The number of nitrogens with zero attached hydrogens (tertiary/aromatic N) is 5. The molecule has 0 unspecified atom stereocenters. The maximum Gasteiger partial charge on any atom is 0.131 e. The topological polar surface area (TPSA) is 78.0 Å². The second-order valence-electron chi connectivity index (χ2n) is 11.0.